The zero-order chi connectivity index (χ0) is 9.78. The first-order valence-corrected chi connectivity index (χ1v) is 3.85. The van der Waals surface area contributed by atoms with Crippen molar-refractivity contribution in [3.63, 3.8) is 0 Å². The highest BCUT2D eigenvalue weighted by molar-refractivity contribution is 5.75. The minimum atomic E-state index is -1.23. The van der Waals surface area contributed by atoms with Gasteiger partial charge in [-0.1, -0.05) is 0 Å². The van der Waals surface area contributed by atoms with Crippen LogP contribution in [-0.2, 0) is 14.3 Å². The number of hydrogen-bond donors (Lipinski definition) is 1. The van der Waals surface area contributed by atoms with Gasteiger partial charge >= 0.3 is 5.97 Å². The third-order valence-corrected chi connectivity index (χ3v) is 1.69. The maximum Gasteiger partial charge on any atom is 0.337 e. The second kappa shape index (κ2) is 4.42. The molecule has 0 aromatic heterocycles. The van der Waals surface area contributed by atoms with Gasteiger partial charge in [-0.2, -0.15) is 0 Å². The standard InChI is InChI=1S/C8H16O4/c1-5-12-7(10)6(9)8(2,3)11-4/h6,9H,5H2,1-4H3. The molecule has 4 heteroatoms. The molecule has 0 aliphatic heterocycles. The van der Waals surface area contributed by atoms with Gasteiger partial charge in [0.05, 0.1) is 12.2 Å². The first-order valence-electron chi connectivity index (χ1n) is 3.85. The van der Waals surface area contributed by atoms with E-state index in [4.69, 9.17) is 4.74 Å². The number of methoxy groups -OCH3 is 1. The highest BCUT2D eigenvalue weighted by atomic mass is 16.6. The van der Waals surface area contributed by atoms with Crippen molar-refractivity contribution in [1.29, 1.82) is 0 Å². The van der Waals surface area contributed by atoms with Crippen molar-refractivity contribution >= 4 is 5.97 Å². The van der Waals surface area contributed by atoms with Gasteiger partial charge in [-0.15, -0.1) is 0 Å². The molecule has 0 aromatic rings. The van der Waals surface area contributed by atoms with E-state index >= 15 is 0 Å². The fourth-order valence-electron chi connectivity index (χ4n) is 0.617. The Balaban J connectivity index is 4.17. The average molecular weight is 176 g/mol. The summed E-state index contributed by atoms with van der Waals surface area (Å²) in [7, 11) is 1.43. The molecule has 0 spiro atoms. The largest absolute Gasteiger partial charge is 0.464 e. The fourth-order valence-corrected chi connectivity index (χ4v) is 0.617. The molecule has 0 aliphatic rings. The number of hydrogen-bond acceptors (Lipinski definition) is 4. The molecular weight excluding hydrogens is 160 g/mol. The van der Waals surface area contributed by atoms with Crippen molar-refractivity contribution in [2.45, 2.75) is 32.5 Å². The molecule has 0 saturated carbocycles. The van der Waals surface area contributed by atoms with E-state index in [1.165, 1.54) is 7.11 Å². The van der Waals surface area contributed by atoms with E-state index in [-0.39, 0.29) is 6.61 Å². The highest BCUT2D eigenvalue weighted by Crippen LogP contribution is 2.14. The highest BCUT2D eigenvalue weighted by Gasteiger charge is 2.34. The summed E-state index contributed by atoms with van der Waals surface area (Å²) in [4.78, 5) is 11.0. The van der Waals surface area contributed by atoms with Gasteiger partial charge in [0.25, 0.3) is 0 Å². The summed E-state index contributed by atoms with van der Waals surface area (Å²) >= 11 is 0. The van der Waals surface area contributed by atoms with Gasteiger partial charge in [-0.25, -0.2) is 4.79 Å². The summed E-state index contributed by atoms with van der Waals surface area (Å²) in [6.07, 6.45) is -1.23. The predicted molar refractivity (Wildman–Crippen MR) is 43.7 cm³/mol. The molecule has 1 N–H and O–H groups in total. The van der Waals surface area contributed by atoms with Crippen molar-refractivity contribution in [2.24, 2.45) is 0 Å². The molecule has 0 amide bonds. The Morgan fingerprint density at radius 1 is 1.58 bits per heavy atom. The van der Waals surface area contributed by atoms with Crippen molar-refractivity contribution in [3.8, 4) is 0 Å². The molecule has 1 unspecified atom stereocenters. The third-order valence-electron chi connectivity index (χ3n) is 1.69. The quantitative estimate of drug-likeness (QED) is 0.627. The molecule has 0 radical (unpaired) electrons. The van der Waals surface area contributed by atoms with Crippen molar-refractivity contribution in [3.05, 3.63) is 0 Å². The lowest BCUT2D eigenvalue weighted by atomic mass is 10.0. The first-order chi connectivity index (χ1) is 5.45. The fraction of sp³-hybridized carbons (Fsp3) is 0.875. The summed E-state index contributed by atoms with van der Waals surface area (Å²) in [5, 5.41) is 9.38. The van der Waals surface area contributed by atoms with Crippen LogP contribution in [0, 0.1) is 0 Å². The van der Waals surface area contributed by atoms with Crippen LogP contribution in [0.5, 0.6) is 0 Å². The number of carbonyl (C=O) groups is 1. The van der Waals surface area contributed by atoms with Gasteiger partial charge in [0.15, 0.2) is 6.10 Å². The monoisotopic (exact) mass is 176 g/mol. The number of esters is 1. The van der Waals surface area contributed by atoms with Crippen molar-refractivity contribution < 1.29 is 19.4 Å². The Kier molecular flexibility index (Phi) is 4.20. The zero-order valence-corrected chi connectivity index (χ0v) is 7.96. The summed E-state index contributed by atoms with van der Waals surface area (Å²) in [5.41, 5.74) is -0.897. The third kappa shape index (κ3) is 2.79. The van der Waals surface area contributed by atoms with Gasteiger partial charge in [0.1, 0.15) is 0 Å². The minimum Gasteiger partial charge on any atom is -0.464 e. The SMILES string of the molecule is CCOC(=O)C(O)C(C)(C)OC. The maximum atomic E-state index is 11.0. The van der Waals surface area contributed by atoms with E-state index in [1.54, 1.807) is 20.8 Å². The van der Waals surface area contributed by atoms with Crippen LogP contribution in [0.2, 0.25) is 0 Å². The van der Waals surface area contributed by atoms with E-state index in [2.05, 4.69) is 4.74 Å². The Labute approximate surface area is 72.5 Å². The lowest BCUT2D eigenvalue weighted by molar-refractivity contribution is -0.168. The number of aliphatic hydroxyl groups is 1. The molecule has 0 heterocycles. The molecule has 0 fully saturated rings. The van der Waals surface area contributed by atoms with Gasteiger partial charge in [-0.3, -0.25) is 0 Å². The van der Waals surface area contributed by atoms with Gasteiger partial charge in [0, 0.05) is 7.11 Å². The van der Waals surface area contributed by atoms with Crippen molar-refractivity contribution in [1.82, 2.24) is 0 Å². The molecule has 0 bridgehead atoms. The van der Waals surface area contributed by atoms with Crippen LogP contribution >= 0.6 is 0 Å². The minimum absolute atomic E-state index is 0.260. The lowest BCUT2D eigenvalue weighted by Crippen LogP contribution is -2.44. The van der Waals surface area contributed by atoms with E-state index < -0.39 is 17.7 Å². The molecule has 0 saturated heterocycles. The van der Waals surface area contributed by atoms with Crippen LogP contribution in [0.15, 0.2) is 0 Å². The van der Waals surface area contributed by atoms with E-state index in [1.807, 2.05) is 0 Å². The second-order valence-corrected chi connectivity index (χ2v) is 2.96. The molecule has 12 heavy (non-hydrogen) atoms. The van der Waals surface area contributed by atoms with Crippen LogP contribution in [0.3, 0.4) is 0 Å². The lowest BCUT2D eigenvalue weighted by Gasteiger charge is -2.26. The van der Waals surface area contributed by atoms with Gasteiger partial charge in [0.2, 0.25) is 0 Å². The number of ether oxygens (including phenoxy) is 2. The van der Waals surface area contributed by atoms with E-state index in [0.717, 1.165) is 0 Å². The smallest absolute Gasteiger partial charge is 0.337 e. The van der Waals surface area contributed by atoms with E-state index in [0.29, 0.717) is 0 Å². The van der Waals surface area contributed by atoms with Crippen LogP contribution in [0.25, 0.3) is 0 Å². The molecule has 0 aliphatic carbocycles. The Hall–Kier alpha value is -0.610. The Morgan fingerprint density at radius 2 is 2.08 bits per heavy atom. The zero-order valence-electron chi connectivity index (χ0n) is 7.96. The second-order valence-electron chi connectivity index (χ2n) is 2.96. The molecule has 4 nitrogen and oxygen atoms in total. The normalized spacial score (nSPS) is 14.1. The topological polar surface area (TPSA) is 55.8 Å². The Morgan fingerprint density at radius 3 is 2.42 bits per heavy atom. The summed E-state index contributed by atoms with van der Waals surface area (Å²) in [6.45, 7) is 5.18. The summed E-state index contributed by atoms with van der Waals surface area (Å²) in [5.74, 6) is -0.649. The maximum absolute atomic E-state index is 11.0. The first kappa shape index (κ1) is 11.4. The van der Waals surface area contributed by atoms with Crippen LogP contribution in [0.1, 0.15) is 20.8 Å². The molecule has 0 rings (SSSR count). The number of aliphatic hydroxyl groups excluding tert-OH is 1. The Bertz CT molecular complexity index is 153. The molecular formula is C8H16O4. The predicted octanol–water partition coefficient (Wildman–Crippen LogP) is 0.335. The van der Waals surface area contributed by atoms with E-state index in [9.17, 15) is 9.90 Å². The van der Waals surface area contributed by atoms with Gasteiger partial charge in [-0.05, 0) is 20.8 Å². The van der Waals surface area contributed by atoms with Crippen molar-refractivity contribution in [2.75, 3.05) is 13.7 Å². The number of rotatable bonds is 4. The molecule has 72 valence electrons. The molecule has 1 atom stereocenters. The number of carbonyl (C=O) groups excluding carboxylic acids is 1. The van der Waals surface area contributed by atoms with Crippen LogP contribution < -0.4 is 0 Å². The molecule has 0 aromatic carbocycles. The summed E-state index contributed by atoms with van der Waals surface area (Å²) in [6, 6.07) is 0. The average Bonchev–Trinajstić information content (AvgIpc) is 2.03. The summed E-state index contributed by atoms with van der Waals surface area (Å²) < 4.78 is 9.54. The van der Waals surface area contributed by atoms with Crippen LogP contribution in [0.4, 0.5) is 0 Å². The van der Waals surface area contributed by atoms with Gasteiger partial charge < -0.3 is 14.6 Å². The van der Waals surface area contributed by atoms with Crippen LogP contribution in [-0.4, -0.2) is 36.5 Å².